The Labute approximate surface area is 138 Å². The van der Waals surface area contributed by atoms with Crippen LogP contribution in [0.25, 0.3) is 0 Å². The van der Waals surface area contributed by atoms with E-state index in [1.165, 1.54) is 11.3 Å². The molecule has 8 nitrogen and oxygen atoms in total. The Hall–Kier alpha value is -1.88. The highest BCUT2D eigenvalue weighted by molar-refractivity contribution is 7.80. The fourth-order valence-corrected chi connectivity index (χ4v) is 2.56. The van der Waals surface area contributed by atoms with Crippen LogP contribution in [0.2, 0.25) is 0 Å². The van der Waals surface area contributed by atoms with Crippen LogP contribution < -0.4 is 4.90 Å². The van der Waals surface area contributed by atoms with Gasteiger partial charge >= 0.3 is 10.4 Å². The number of nitrogens with zero attached hydrogens (tertiary/aromatic N) is 4. The third kappa shape index (κ3) is 6.02. The number of hydrogen-bond donors (Lipinski definition) is 1. The zero-order valence-corrected chi connectivity index (χ0v) is 14.0. The molecule has 23 heavy (non-hydrogen) atoms. The van der Waals surface area contributed by atoms with Crippen LogP contribution in [-0.2, 0) is 14.6 Å². The lowest BCUT2D eigenvalue weighted by atomic mass is 10.2. The Morgan fingerprint density at radius 2 is 2.04 bits per heavy atom. The van der Waals surface area contributed by atoms with Crippen molar-refractivity contribution in [3.63, 3.8) is 0 Å². The number of rotatable bonds is 8. The third-order valence-electron chi connectivity index (χ3n) is 2.86. The van der Waals surface area contributed by atoms with Gasteiger partial charge in [0.15, 0.2) is 0 Å². The molecule has 10 heteroatoms. The summed E-state index contributed by atoms with van der Waals surface area (Å²) in [6, 6.07) is 7.32. The van der Waals surface area contributed by atoms with Crippen LogP contribution in [0.5, 0.6) is 0 Å². The minimum absolute atomic E-state index is 0.127. The second kappa shape index (κ2) is 8.11. The number of benzene rings is 1. The number of likely N-dealkylation sites (N-methyl/N-ethyl adjacent to an activating group) is 1. The topological polar surface area (TPSA) is 104 Å². The summed E-state index contributed by atoms with van der Waals surface area (Å²) in [5.41, 5.74) is 1.58. The van der Waals surface area contributed by atoms with E-state index in [-0.39, 0.29) is 6.61 Å². The average molecular weight is 356 g/mol. The molecule has 0 bridgehead atoms. The van der Waals surface area contributed by atoms with Crippen LogP contribution in [0.3, 0.4) is 0 Å². The van der Waals surface area contributed by atoms with E-state index in [9.17, 15) is 8.42 Å². The fourth-order valence-electron chi connectivity index (χ4n) is 1.82. The van der Waals surface area contributed by atoms with E-state index in [0.29, 0.717) is 23.9 Å². The molecule has 1 heterocycles. The van der Waals surface area contributed by atoms with Gasteiger partial charge in [-0.05, 0) is 31.2 Å². The van der Waals surface area contributed by atoms with E-state index >= 15 is 0 Å². The van der Waals surface area contributed by atoms with E-state index in [4.69, 9.17) is 4.55 Å². The lowest BCUT2D eigenvalue weighted by molar-refractivity contribution is 0.274. The van der Waals surface area contributed by atoms with E-state index < -0.39 is 10.4 Å². The normalized spacial score (nSPS) is 11.9. The van der Waals surface area contributed by atoms with Crippen molar-refractivity contribution in [1.29, 1.82) is 0 Å². The van der Waals surface area contributed by atoms with Gasteiger partial charge in [-0.1, -0.05) is 0 Å². The fraction of sp³-hybridized carbons (Fsp3) is 0.308. The lowest BCUT2D eigenvalue weighted by Crippen LogP contribution is -2.27. The molecule has 1 aromatic heterocycles. The Balaban J connectivity index is 1.96. The van der Waals surface area contributed by atoms with Crippen LogP contribution in [0.4, 0.5) is 16.5 Å². The zero-order chi connectivity index (χ0) is 16.7. The molecule has 2 aromatic rings. The summed E-state index contributed by atoms with van der Waals surface area (Å²) in [4.78, 5) is 5.92. The van der Waals surface area contributed by atoms with E-state index in [1.807, 2.05) is 29.3 Å². The van der Waals surface area contributed by atoms with Crippen molar-refractivity contribution in [2.45, 2.75) is 6.92 Å². The molecule has 1 aromatic carbocycles. The van der Waals surface area contributed by atoms with Gasteiger partial charge in [-0.25, -0.2) is 9.17 Å². The molecule has 0 saturated heterocycles. The Morgan fingerprint density at radius 1 is 1.30 bits per heavy atom. The van der Waals surface area contributed by atoms with Crippen LogP contribution in [0, 0.1) is 0 Å². The van der Waals surface area contributed by atoms with Crippen LogP contribution in [0.1, 0.15) is 6.92 Å². The highest BCUT2D eigenvalue weighted by Gasteiger charge is 2.08. The first-order chi connectivity index (χ1) is 11.0. The molecule has 0 spiro atoms. The van der Waals surface area contributed by atoms with Gasteiger partial charge in [0.2, 0.25) is 5.13 Å². The smallest absolute Gasteiger partial charge is 0.369 e. The maximum Gasteiger partial charge on any atom is 0.397 e. The van der Waals surface area contributed by atoms with Crippen molar-refractivity contribution in [3.05, 3.63) is 35.8 Å². The zero-order valence-electron chi connectivity index (χ0n) is 12.4. The molecule has 0 unspecified atom stereocenters. The van der Waals surface area contributed by atoms with Crippen LogP contribution >= 0.6 is 11.3 Å². The molecule has 0 atom stereocenters. The number of hydrogen-bond acceptors (Lipinski definition) is 8. The molecule has 0 amide bonds. The molecular formula is C13H16N4O4S2. The molecule has 124 valence electrons. The van der Waals surface area contributed by atoms with Crippen molar-refractivity contribution < 1.29 is 17.2 Å². The van der Waals surface area contributed by atoms with Crippen LogP contribution in [-0.4, -0.2) is 37.7 Å². The van der Waals surface area contributed by atoms with Gasteiger partial charge in [0, 0.05) is 30.4 Å². The van der Waals surface area contributed by atoms with Crippen LogP contribution in [0.15, 0.2) is 46.1 Å². The summed E-state index contributed by atoms with van der Waals surface area (Å²) in [5, 5.41) is 10.5. The van der Waals surface area contributed by atoms with Gasteiger partial charge in [-0.3, -0.25) is 4.55 Å². The summed E-state index contributed by atoms with van der Waals surface area (Å²) in [7, 11) is -4.40. The Morgan fingerprint density at radius 3 is 2.61 bits per heavy atom. The summed E-state index contributed by atoms with van der Waals surface area (Å²) in [6.07, 6.45) is 1.66. The van der Waals surface area contributed by atoms with Crippen molar-refractivity contribution in [3.8, 4) is 0 Å². The maximum absolute atomic E-state index is 10.5. The van der Waals surface area contributed by atoms with E-state index in [2.05, 4.69) is 19.4 Å². The average Bonchev–Trinajstić information content (AvgIpc) is 3.03. The first-order valence-electron chi connectivity index (χ1n) is 6.76. The van der Waals surface area contributed by atoms with Gasteiger partial charge in [0.25, 0.3) is 0 Å². The summed E-state index contributed by atoms with van der Waals surface area (Å²) in [6.45, 7) is 2.80. The second-order valence-electron chi connectivity index (χ2n) is 4.36. The highest BCUT2D eigenvalue weighted by atomic mass is 32.3. The lowest BCUT2D eigenvalue weighted by Gasteiger charge is -2.22. The Bertz CT molecular complexity index is 730. The van der Waals surface area contributed by atoms with E-state index in [0.717, 1.165) is 5.69 Å². The predicted molar refractivity (Wildman–Crippen MR) is 88.1 cm³/mol. The molecule has 0 aliphatic rings. The van der Waals surface area contributed by atoms with Crippen molar-refractivity contribution in [2.24, 2.45) is 10.2 Å². The van der Waals surface area contributed by atoms with Gasteiger partial charge in [-0.2, -0.15) is 8.42 Å². The number of azo groups is 1. The van der Waals surface area contributed by atoms with Gasteiger partial charge in [0.1, 0.15) is 0 Å². The van der Waals surface area contributed by atoms with E-state index in [1.54, 1.807) is 18.3 Å². The molecule has 0 saturated carbocycles. The van der Waals surface area contributed by atoms with Gasteiger partial charge < -0.3 is 4.90 Å². The number of anilines is 1. The van der Waals surface area contributed by atoms with Crippen molar-refractivity contribution in [2.75, 3.05) is 24.6 Å². The summed E-state index contributed by atoms with van der Waals surface area (Å²) in [5.74, 6) is 0. The number of thiazole rings is 1. The molecule has 0 aliphatic carbocycles. The summed E-state index contributed by atoms with van der Waals surface area (Å²) < 4.78 is 34.0. The monoisotopic (exact) mass is 356 g/mol. The molecule has 0 aliphatic heterocycles. The SMILES string of the molecule is CCN(CCOS(=O)(=O)O)c1ccc(N=Nc2nccs2)cc1. The predicted octanol–water partition coefficient (Wildman–Crippen LogP) is 3.20. The van der Waals surface area contributed by atoms with Gasteiger partial charge in [-0.15, -0.1) is 21.6 Å². The number of aromatic nitrogens is 1. The minimum atomic E-state index is -4.40. The second-order valence-corrected chi connectivity index (χ2v) is 6.32. The largest absolute Gasteiger partial charge is 0.397 e. The first-order valence-corrected chi connectivity index (χ1v) is 9.00. The molecule has 0 fully saturated rings. The summed E-state index contributed by atoms with van der Waals surface area (Å²) >= 11 is 1.40. The minimum Gasteiger partial charge on any atom is -0.369 e. The molecule has 2 rings (SSSR count). The van der Waals surface area contributed by atoms with Gasteiger partial charge in [0.05, 0.1) is 12.3 Å². The maximum atomic E-state index is 10.5. The molecule has 1 N–H and O–H groups in total. The quantitative estimate of drug-likeness (QED) is 0.575. The van der Waals surface area contributed by atoms with Crippen molar-refractivity contribution >= 4 is 38.2 Å². The molecule has 0 radical (unpaired) electrons. The Kier molecular flexibility index (Phi) is 6.16. The third-order valence-corrected chi connectivity index (χ3v) is 3.98. The van der Waals surface area contributed by atoms with Crippen molar-refractivity contribution in [1.82, 2.24) is 4.98 Å². The standard InChI is InChI=1S/C13H16N4O4S2/c1-2-17(8-9-21-23(18,19)20)12-5-3-11(4-6-12)15-16-13-14-7-10-22-13/h3-7,10H,2,8-9H2,1H3,(H,18,19,20). The molecular weight excluding hydrogens is 340 g/mol. The highest BCUT2D eigenvalue weighted by Crippen LogP contribution is 2.23. The first kappa shape index (κ1) is 17.5.